The van der Waals surface area contributed by atoms with Gasteiger partial charge in [0.15, 0.2) is 5.78 Å². The van der Waals surface area contributed by atoms with Crippen molar-refractivity contribution in [2.24, 2.45) is 5.41 Å². The lowest BCUT2D eigenvalue weighted by molar-refractivity contribution is 0.0855. The molecule has 0 amide bonds. The Bertz CT molecular complexity index is 402. The number of ketones is 1. The van der Waals surface area contributed by atoms with Crippen molar-refractivity contribution in [3.05, 3.63) is 23.8 Å². The first-order valence-corrected chi connectivity index (χ1v) is 5.87. The third-order valence-corrected chi connectivity index (χ3v) is 2.37. The molecule has 0 bridgehead atoms. The molecule has 0 saturated heterocycles. The van der Waals surface area contributed by atoms with Crippen molar-refractivity contribution < 1.29 is 14.6 Å². The van der Waals surface area contributed by atoms with Gasteiger partial charge in [-0.3, -0.25) is 4.79 Å². The molecule has 1 rings (SSSR count). The van der Waals surface area contributed by atoms with Crippen molar-refractivity contribution >= 4 is 5.78 Å². The number of rotatable bonds is 4. The molecule has 0 radical (unpaired) electrons. The van der Waals surface area contributed by atoms with Gasteiger partial charge in [0.2, 0.25) is 0 Å². The van der Waals surface area contributed by atoms with E-state index in [0.717, 1.165) is 6.42 Å². The van der Waals surface area contributed by atoms with Crippen LogP contribution in [0.5, 0.6) is 11.5 Å². The number of Topliss-reactive ketones (excluding diaryl/α,β-unsaturated/α-hetero) is 1. The molecule has 0 unspecified atom stereocenters. The summed E-state index contributed by atoms with van der Waals surface area (Å²) in [6.07, 6.45) is 0.906. The molecule has 17 heavy (non-hydrogen) atoms. The lowest BCUT2D eigenvalue weighted by atomic mass is 9.86. The van der Waals surface area contributed by atoms with Crippen molar-refractivity contribution in [1.29, 1.82) is 0 Å². The van der Waals surface area contributed by atoms with Gasteiger partial charge in [-0.25, -0.2) is 0 Å². The fraction of sp³-hybridized carbons (Fsp3) is 0.500. The van der Waals surface area contributed by atoms with Gasteiger partial charge in [0.05, 0.1) is 12.2 Å². The number of carbonyl (C=O) groups excluding carboxylic acids is 1. The Morgan fingerprint density at radius 2 is 2.00 bits per heavy atom. The summed E-state index contributed by atoms with van der Waals surface area (Å²) in [7, 11) is 0. The highest BCUT2D eigenvalue weighted by Gasteiger charge is 2.25. The molecule has 1 aromatic rings. The molecule has 0 fully saturated rings. The number of hydrogen-bond acceptors (Lipinski definition) is 3. The minimum Gasteiger partial charge on any atom is -0.507 e. The van der Waals surface area contributed by atoms with Gasteiger partial charge >= 0.3 is 0 Å². The third kappa shape index (κ3) is 3.48. The maximum absolute atomic E-state index is 12.0. The summed E-state index contributed by atoms with van der Waals surface area (Å²) in [6, 6.07) is 4.83. The normalized spacial score (nSPS) is 11.3. The molecule has 0 heterocycles. The molecule has 94 valence electrons. The maximum atomic E-state index is 12.0. The van der Waals surface area contributed by atoms with Gasteiger partial charge in [-0.05, 0) is 18.6 Å². The van der Waals surface area contributed by atoms with E-state index in [2.05, 4.69) is 0 Å². The highest BCUT2D eigenvalue weighted by molar-refractivity contribution is 6.02. The maximum Gasteiger partial charge on any atom is 0.171 e. The third-order valence-electron chi connectivity index (χ3n) is 2.37. The second kappa shape index (κ2) is 5.21. The van der Waals surface area contributed by atoms with Crippen molar-refractivity contribution in [2.45, 2.75) is 34.1 Å². The molecular formula is C14H20O3. The monoisotopic (exact) mass is 236 g/mol. The Morgan fingerprint density at radius 1 is 1.35 bits per heavy atom. The van der Waals surface area contributed by atoms with Crippen LogP contribution in [0.3, 0.4) is 0 Å². The van der Waals surface area contributed by atoms with Gasteiger partial charge in [0.25, 0.3) is 0 Å². The average Bonchev–Trinajstić information content (AvgIpc) is 2.24. The second-order valence-corrected chi connectivity index (χ2v) is 5.11. The molecule has 0 spiro atoms. The van der Waals surface area contributed by atoms with Crippen LogP contribution in [0.4, 0.5) is 0 Å². The number of hydrogen-bond donors (Lipinski definition) is 1. The van der Waals surface area contributed by atoms with Crippen LogP contribution in [0, 0.1) is 5.41 Å². The highest BCUT2D eigenvalue weighted by Crippen LogP contribution is 2.29. The molecule has 3 heteroatoms. The van der Waals surface area contributed by atoms with E-state index in [9.17, 15) is 9.90 Å². The molecule has 1 N–H and O–H groups in total. The summed E-state index contributed by atoms with van der Waals surface area (Å²) in [5.41, 5.74) is -0.148. The summed E-state index contributed by atoms with van der Waals surface area (Å²) in [4.78, 5) is 12.0. The molecule has 0 aliphatic carbocycles. The lowest BCUT2D eigenvalue weighted by Crippen LogP contribution is -2.20. The first-order chi connectivity index (χ1) is 7.86. The van der Waals surface area contributed by atoms with E-state index in [1.807, 2.05) is 27.7 Å². The zero-order valence-electron chi connectivity index (χ0n) is 10.9. The van der Waals surface area contributed by atoms with Crippen molar-refractivity contribution in [3.63, 3.8) is 0 Å². The molecule has 3 nitrogen and oxygen atoms in total. The van der Waals surface area contributed by atoms with E-state index in [1.54, 1.807) is 12.1 Å². The second-order valence-electron chi connectivity index (χ2n) is 5.11. The minimum atomic E-state index is -0.497. The smallest absolute Gasteiger partial charge is 0.171 e. The number of benzene rings is 1. The van der Waals surface area contributed by atoms with E-state index in [-0.39, 0.29) is 11.5 Å². The zero-order valence-corrected chi connectivity index (χ0v) is 10.9. The standard InChI is InChI=1S/C14H20O3/c1-5-8-17-10-6-7-11(12(15)9-10)13(16)14(2,3)4/h6-7,9,15H,5,8H2,1-4H3. The van der Waals surface area contributed by atoms with E-state index < -0.39 is 5.41 Å². The van der Waals surface area contributed by atoms with Crippen molar-refractivity contribution in [3.8, 4) is 11.5 Å². The van der Waals surface area contributed by atoms with Gasteiger partial charge in [0, 0.05) is 11.5 Å². The minimum absolute atomic E-state index is 0.0153. The molecule has 0 saturated carbocycles. The van der Waals surface area contributed by atoms with Gasteiger partial charge in [-0.15, -0.1) is 0 Å². The van der Waals surface area contributed by atoms with Crippen molar-refractivity contribution in [2.75, 3.05) is 6.61 Å². The van der Waals surface area contributed by atoms with Crippen LogP contribution in [-0.4, -0.2) is 17.5 Å². The van der Waals surface area contributed by atoms with Crippen LogP contribution >= 0.6 is 0 Å². The summed E-state index contributed by atoms with van der Waals surface area (Å²) < 4.78 is 5.39. The Balaban J connectivity index is 2.94. The summed E-state index contributed by atoms with van der Waals surface area (Å²) in [6.45, 7) is 8.10. The summed E-state index contributed by atoms with van der Waals surface area (Å²) in [5, 5.41) is 9.82. The van der Waals surface area contributed by atoms with Crippen LogP contribution in [0.25, 0.3) is 0 Å². The average molecular weight is 236 g/mol. The lowest BCUT2D eigenvalue weighted by Gasteiger charge is -2.17. The predicted octanol–water partition coefficient (Wildman–Crippen LogP) is 3.41. The number of aromatic hydroxyl groups is 1. The largest absolute Gasteiger partial charge is 0.507 e. The molecule has 0 atom stereocenters. The van der Waals surface area contributed by atoms with Crippen LogP contribution in [-0.2, 0) is 0 Å². The Kier molecular flexibility index (Phi) is 4.16. The zero-order chi connectivity index (χ0) is 13.1. The molecule has 0 aliphatic heterocycles. The molecule has 0 aromatic heterocycles. The van der Waals surface area contributed by atoms with Crippen LogP contribution in [0.2, 0.25) is 0 Å². The summed E-state index contributed by atoms with van der Waals surface area (Å²) >= 11 is 0. The Hall–Kier alpha value is -1.51. The van der Waals surface area contributed by atoms with E-state index in [1.165, 1.54) is 6.07 Å². The van der Waals surface area contributed by atoms with E-state index in [4.69, 9.17) is 4.74 Å². The molecular weight excluding hydrogens is 216 g/mol. The number of carbonyl (C=O) groups is 1. The van der Waals surface area contributed by atoms with Crippen LogP contribution < -0.4 is 4.74 Å². The molecule has 1 aromatic carbocycles. The number of phenolic OH excluding ortho intramolecular Hbond substituents is 1. The van der Waals surface area contributed by atoms with Gasteiger partial charge < -0.3 is 9.84 Å². The van der Waals surface area contributed by atoms with E-state index >= 15 is 0 Å². The van der Waals surface area contributed by atoms with Crippen molar-refractivity contribution in [1.82, 2.24) is 0 Å². The topological polar surface area (TPSA) is 46.5 Å². The van der Waals surface area contributed by atoms with Gasteiger partial charge in [-0.2, -0.15) is 0 Å². The fourth-order valence-corrected chi connectivity index (χ4v) is 1.42. The summed E-state index contributed by atoms with van der Waals surface area (Å²) in [5.74, 6) is 0.505. The molecule has 0 aliphatic rings. The predicted molar refractivity (Wildman–Crippen MR) is 67.7 cm³/mol. The first-order valence-electron chi connectivity index (χ1n) is 5.87. The fourth-order valence-electron chi connectivity index (χ4n) is 1.42. The number of phenols is 1. The Labute approximate surface area is 102 Å². The van der Waals surface area contributed by atoms with Crippen LogP contribution in [0.1, 0.15) is 44.5 Å². The first kappa shape index (κ1) is 13.6. The number of ether oxygens (including phenoxy) is 1. The van der Waals surface area contributed by atoms with Gasteiger partial charge in [-0.1, -0.05) is 27.7 Å². The SMILES string of the molecule is CCCOc1ccc(C(=O)C(C)(C)C)c(O)c1. The highest BCUT2D eigenvalue weighted by atomic mass is 16.5. The van der Waals surface area contributed by atoms with E-state index in [0.29, 0.717) is 17.9 Å². The quantitative estimate of drug-likeness (QED) is 0.815. The van der Waals surface area contributed by atoms with Crippen LogP contribution in [0.15, 0.2) is 18.2 Å². The Morgan fingerprint density at radius 3 is 2.47 bits per heavy atom. The van der Waals surface area contributed by atoms with Gasteiger partial charge in [0.1, 0.15) is 11.5 Å².